The topological polar surface area (TPSA) is 60.7 Å². The fourth-order valence-electron chi connectivity index (χ4n) is 1.34. The van der Waals surface area contributed by atoms with Gasteiger partial charge in [-0.25, -0.2) is 4.79 Å². The minimum Gasteiger partial charge on any atom is -0.478 e. The fourth-order valence-corrected chi connectivity index (χ4v) is 1.86. The summed E-state index contributed by atoms with van der Waals surface area (Å²) in [6, 6.07) is 1.58. The van der Waals surface area contributed by atoms with E-state index in [1.807, 2.05) is 0 Å². The molecule has 0 amide bonds. The maximum Gasteiger partial charge on any atom is 0.337 e. The number of hydrogen-bond acceptors (Lipinski definition) is 3. The Bertz CT molecular complexity index is 364. The van der Waals surface area contributed by atoms with E-state index in [4.69, 9.17) is 14.6 Å². The van der Waals surface area contributed by atoms with Crippen molar-refractivity contribution >= 4 is 21.9 Å². The quantitative estimate of drug-likeness (QED) is 0.746. The van der Waals surface area contributed by atoms with E-state index in [0.29, 0.717) is 26.4 Å². The van der Waals surface area contributed by atoms with Gasteiger partial charge in [-0.05, 0) is 28.4 Å². The van der Waals surface area contributed by atoms with Crippen molar-refractivity contribution in [3.8, 4) is 0 Å². The maximum absolute atomic E-state index is 10.7. The van der Waals surface area contributed by atoms with Crippen LogP contribution in [0.25, 0.3) is 0 Å². The van der Waals surface area contributed by atoms with E-state index >= 15 is 0 Å². The van der Waals surface area contributed by atoms with Crippen molar-refractivity contribution in [1.82, 2.24) is 4.57 Å². The number of aromatic carboxylic acids is 1. The molecule has 0 fully saturated rings. The Balaban J connectivity index is 2.29. The van der Waals surface area contributed by atoms with Crippen molar-refractivity contribution in [1.29, 1.82) is 0 Å². The Morgan fingerprint density at radius 3 is 2.82 bits per heavy atom. The number of ether oxygens (including phenoxy) is 2. The molecule has 6 heteroatoms. The molecule has 1 rings (SSSR count). The third-order valence-electron chi connectivity index (χ3n) is 2.20. The number of nitrogens with zero attached hydrogens (tertiary/aromatic N) is 1. The van der Waals surface area contributed by atoms with Gasteiger partial charge >= 0.3 is 5.97 Å². The Morgan fingerprint density at radius 2 is 2.24 bits per heavy atom. The summed E-state index contributed by atoms with van der Waals surface area (Å²) in [6.07, 6.45) is 2.45. The van der Waals surface area contributed by atoms with Gasteiger partial charge in [0.25, 0.3) is 0 Å². The van der Waals surface area contributed by atoms with Crippen LogP contribution in [0.5, 0.6) is 0 Å². The van der Waals surface area contributed by atoms with Gasteiger partial charge in [0, 0.05) is 33.1 Å². The van der Waals surface area contributed by atoms with Gasteiger partial charge in [-0.15, -0.1) is 0 Å². The van der Waals surface area contributed by atoms with Gasteiger partial charge in [0.2, 0.25) is 0 Å². The average Bonchev–Trinajstić information content (AvgIpc) is 2.65. The first-order valence-corrected chi connectivity index (χ1v) is 6.10. The van der Waals surface area contributed by atoms with Crippen LogP contribution >= 0.6 is 15.9 Å². The van der Waals surface area contributed by atoms with Crippen LogP contribution in [0.1, 0.15) is 16.8 Å². The van der Waals surface area contributed by atoms with E-state index in [1.54, 1.807) is 23.9 Å². The number of hydrogen-bond donors (Lipinski definition) is 1. The molecule has 0 saturated carbocycles. The second-order valence-electron chi connectivity index (χ2n) is 3.51. The first kappa shape index (κ1) is 14.2. The zero-order valence-electron chi connectivity index (χ0n) is 9.69. The average molecular weight is 306 g/mol. The molecule has 0 atom stereocenters. The lowest BCUT2D eigenvalue weighted by atomic mass is 10.4. The lowest BCUT2D eigenvalue weighted by Gasteiger charge is -2.06. The fraction of sp³-hybridized carbons (Fsp3) is 0.545. The third-order valence-corrected chi connectivity index (χ3v) is 2.89. The zero-order valence-corrected chi connectivity index (χ0v) is 11.3. The molecule has 0 bridgehead atoms. The van der Waals surface area contributed by atoms with Crippen molar-refractivity contribution in [2.75, 3.05) is 26.9 Å². The molecule has 1 N–H and O–H groups in total. The van der Waals surface area contributed by atoms with E-state index in [2.05, 4.69) is 15.9 Å². The number of aromatic nitrogens is 1. The molecule has 5 nitrogen and oxygen atoms in total. The SMILES string of the molecule is COCCCOCCn1cc(C(=O)O)cc1Br. The largest absolute Gasteiger partial charge is 0.478 e. The molecule has 96 valence electrons. The highest BCUT2D eigenvalue weighted by molar-refractivity contribution is 9.10. The lowest BCUT2D eigenvalue weighted by Crippen LogP contribution is -2.07. The van der Waals surface area contributed by atoms with E-state index in [-0.39, 0.29) is 5.56 Å². The van der Waals surface area contributed by atoms with E-state index in [0.717, 1.165) is 11.0 Å². The first-order chi connectivity index (χ1) is 8.15. The highest BCUT2D eigenvalue weighted by atomic mass is 79.9. The monoisotopic (exact) mass is 305 g/mol. The van der Waals surface area contributed by atoms with Crippen LogP contribution in [-0.2, 0) is 16.0 Å². The van der Waals surface area contributed by atoms with Crippen molar-refractivity contribution in [2.24, 2.45) is 0 Å². The summed E-state index contributed by atoms with van der Waals surface area (Å²) in [4.78, 5) is 10.7. The molecular formula is C11H16BrNO4. The highest BCUT2D eigenvalue weighted by Crippen LogP contribution is 2.15. The van der Waals surface area contributed by atoms with Crippen molar-refractivity contribution in [3.63, 3.8) is 0 Å². The molecule has 0 aromatic carbocycles. The highest BCUT2D eigenvalue weighted by Gasteiger charge is 2.08. The molecule has 0 aliphatic rings. The number of carboxylic acid groups (broad SMARTS) is 1. The molecule has 17 heavy (non-hydrogen) atoms. The Hall–Kier alpha value is -0.850. The van der Waals surface area contributed by atoms with Crippen molar-refractivity contribution < 1.29 is 19.4 Å². The number of carboxylic acids is 1. The van der Waals surface area contributed by atoms with E-state index in [1.165, 1.54) is 0 Å². The smallest absolute Gasteiger partial charge is 0.337 e. The number of carbonyl (C=O) groups is 1. The molecule has 0 saturated heterocycles. The number of rotatable bonds is 8. The maximum atomic E-state index is 10.7. The van der Waals surface area contributed by atoms with Crippen LogP contribution in [0.4, 0.5) is 0 Å². The lowest BCUT2D eigenvalue weighted by molar-refractivity contribution is 0.0696. The summed E-state index contributed by atoms with van der Waals surface area (Å²) in [7, 11) is 1.66. The van der Waals surface area contributed by atoms with Gasteiger partial charge in [-0.3, -0.25) is 0 Å². The minimum atomic E-state index is -0.925. The predicted octanol–water partition coefficient (Wildman–Crippen LogP) is 2.00. The van der Waals surface area contributed by atoms with Crippen LogP contribution < -0.4 is 0 Å². The summed E-state index contributed by atoms with van der Waals surface area (Å²) in [5.41, 5.74) is 0.274. The van der Waals surface area contributed by atoms with Gasteiger partial charge in [-0.2, -0.15) is 0 Å². The predicted molar refractivity (Wildman–Crippen MR) is 66.4 cm³/mol. The normalized spacial score (nSPS) is 10.7. The molecule has 0 aliphatic heterocycles. The van der Waals surface area contributed by atoms with E-state index < -0.39 is 5.97 Å². The first-order valence-electron chi connectivity index (χ1n) is 5.31. The second-order valence-corrected chi connectivity index (χ2v) is 4.32. The number of halogens is 1. The zero-order chi connectivity index (χ0) is 12.7. The molecule has 1 heterocycles. The van der Waals surface area contributed by atoms with Crippen LogP contribution in [-0.4, -0.2) is 42.6 Å². The van der Waals surface area contributed by atoms with Crippen molar-refractivity contribution in [2.45, 2.75) is 13.0 Å². The summed E-state index contributed by atoms with van der Waals surface area (Å²) < 4.78 is 12.8. The molecular weight excluding hydrogens is 290 g/mol. The summed E-state index contributed by atoms with van der Waals surface area (Å²) in [5, 5.41) is 8.81. The van der Waals surface area contributed by atoms with Crippen LogP contribution in [0.2, 0.25) is 0 Å². The summed E-state index contributed by atoms with van der Waals surface area (Å²) in [6.45, 7) is 2.52. The molecule has 0 spiro atoms. The van der Waals surface area contributed by atoms with Gasteiger partial charge < -0.3 is 19.1 Å². The molecule has 0 aliphatic carbocycles. The Labute approximate surface area is 108 Å². The van der Waals surface area contributed by atoms with Crippen LogP contribution in [0, 0.1) is 0 Å². The van der Waals surface area contributed by atoms with Gasteiger partial charge in [-0.1, -0.05) is 0 Å². The third kappa shape index (κ3) is 4.89. The molecule has 0 unspecified atom stereocenters. The minimum absolute atomic E-state index is 0.274. The number of methoxy groups -OCH3 is 1. The summed E-state index contributed by atoms with van der Waals surface area (Å²) in [5.74, 6) is -0.925. The van der Waals surface area contributed by atoms with Gasteiger partial charge in [0.1, 0.15) is 0 Å². The molecule has 1 aromatic rings. The Kier molecular flexibility index (Phi) is 6.25. The van der Waals surface area contributed by atoms with Crippen LogP contribution in [0.15, 0.2) is 16.9 Å². The summed E-state index contributed by atoms with van der Waals surface area (Å²) >= 11 is 3.30. The van der Waals surface area contributed by atoms with Gasteiger partial charge in [0.15, 0.2) is 0 Å². The molecule has 0 radical (unpaired) electrons. The van der Waals surface area contributed by atoms with E-state index in [9.17, 15) is 4.79 Å². The Morgan fingerprint density at radius 1 is 1.47 bits per heavy atom. The van der Waals surface area contributed by atoms with Crippen molar-refractivity contribution in [3.05, 3.63) is 22.4 Å². The second kappa shape index (κ2) is 7.47. The van der Waals surface area contributed by atoms with Gasteiger partial charge in [0.05, 0.1) is 16.8 Å². The van der Waals surface area contributed by atoms with Crippen LogP contribution in [0.3, 0.4) is 0 Å². The molecule has 1 aromatic heterocycles. The standard InChI is InChI=1S/C11H16BrNO4/c1-16-4-2-5-17-6-3-13-8-9(11(14)15)7-10(13)12/h7-8H,2-6H2,1H3,(H,14,15).